The van der Waals surface area contributed by atoms with Crippen LogP contribution in [0.25, 0.3) is 0 Å². The molecule has 5 heteroatoms. The van der Waals surface area contributed by atoms with E-state index in [9.17, 15) is 18.0 Å². The lowest BCUT2D eigenvalue weighted by Gasteiger charge is -2.06. The second kappa shape index (κ2) is 3.47. The average Bonchev–Trinajstić information content (AvgIpc) is 2.04. The topological polar surface area (TPSA) is 29.1 Å². The molecule has 0 atom stereocenters. The van der Waals surface area contributed by atoms with E-state index in [1.54, 1.807) is 0 Å². The number of hydrogen-bond donors (Lipinski definition) is 1. The van der Waals surface area contributed by atoms with Crippen LogP contribution in [0.3, 0.4) is 0 Å². The van der Waals surface area contributed by atoms with E-state index in [2.05, 4.69) is 5.32 Å². The molecule has 0 aliphatic carbocycles. The zero-order valence-electron chi connectivity index (χ0n) is 6.43. The summed E-state index contributed by atoms with van der Waals surface area (Å²) in [5.41, 5.74) is -0.396. The van der Waals surface area contributed by atoms with E-state index >= 15 is 0 Å². The van der Waals surface area contributed by atoms with Gasteiger partial charge < -0.3 is 5.32 Å². The number of carbonyl (C=O) groups excluding carboxylic acids is 1. The van der Waals surface area contributed by atoms with E-state index in [0.29, 0.717) is 12.1 Å². The van der Waals surface area contributed by atoms with Gasteiger partial charge in [-0.25, -0.2) is 0 Å². The summed E-state index contributed by atoms with van der Waals surface area (Å²) in [6.45, 7) is 0. The molecule has 1 amide bonds. The number of carbonyl (C=O) groups is 1. The molecule has 0 aliphatic rings. The van der Waals surface area contributed by atoms with Crippen molar-refractivity contribution >= 4 is 12.1 Å². The predicted octanol–water partition coefficient (Wildman–Crippen LogP) is 2.27. The molecule has 13 heavy (non-hydrogen) atoms. The molecule has 0 aromatic heterocycles. The minimum absolute atomic E-state index is 0.336. The largest absolute Gasteiger partial charge is 0.416 e. The van der Waals surface area contributed by atoms with Crippen LogP contribution in [0.4, 0.5) is 18.9 Å². The summed E-state index contributed by atoms with van der Waals surface area (Å²) in [4.78, 5) is 9.92. The Kier molecular flexibility index (Phi) is 2.55. The normalized spacial score (nSPS) is 11.0. The number of nitrogens with one attached hydrogen (secondary N) is 1. The van der Waals surface area contributed by atoms with Crippen LogP contribution in [0.2, 0.25) is 0 Å². The monoisotopic (exact) mass is 189 g/mol. The quantitative estimate of drug-likeness (QED) is 0.710. The molecule has 70 valence electrons. The summed E-state index contributed by atoms with van der Waals surface area (Å²) >= 11 is 0. The van der Waals surface area contributed by atoms with Crippen LogP contribution in [0, 0.1) is 0 Å². The number of halogens is 3. The van der Waals surface area contributed by atoms with Crippen LogP contribution in [0.1, 0.15) is 5.56 Å². The molecule has 1 aromatic rings. The van der Waals surface area contributed by atoms with E-state index < -0.39 is 11.7 Å². The molecule has 1 rings (SSSR count). The Morgan fingerprint density at radius 3 is 2.08 bits per heavy atom. The van der Waals surface area contributed by atoms with Gasteiger partial charge in [0.25, 0.3) is 0 Å². The fourth-order valence-corrected chi connectivity index (χ4v) is 0.823. The van der Waals surface area contributed by atoms with Gasteiger partial charge in [0.2, 0.25) is 6.41 Å². The van der Waals surface area contributed by atoms with Gasteiger partial charge in [-0.2, -0.15) is 13.2 Å². The lowest BCUT2D eigenvalue weighted by Crippen LogP contribution is -2.04. The number of amides is 1. The van der Waals surface area contributed by atoms with Crippen LogP contribution < -0.4 is 5.32 Å². The van der Waals surface area contributed by atoms with Gasteiger partial charge in [-0.05, 0) is 24.3 Å². The van der Waals surface area contributed by atoms with E-state index in [0.717, 1.165) is 12.1 Å². The molecule has 1 aromatic carbocycles. The number of benzene rings is 1. The molecule has 1 N–H and O–H groups in total. The van der Waals surface area contributed by atoms with Gasteiger partial charge in [0.05, 0.1) is 5.56 Å². The molecule has 0 heterocycles. The molecule has 0 saturated heterocycles. The van der Waals surface area contributed by atoms with E-state index in [1.807, 2.05) is 0 Å². The Bertz CT molecular complexity index is 291. The van der Waals surface area contributed by atoms with Crippen molar-refractivity contribution in [2.75, 3.05) is 5.32 Å². The highest BCUT2D eigenvalue weighted by Crippen LogP contribution is 2.29. The van der Waals surface area contributed by atoms with Crippen molar-refractivity contribution in [3.8, 4) is 0 Å². The van der Waals surface area contributed by atoms with Gasteiger partial charge in [-0.15, -0.1) is 0 Å². The third kappa shape index (κ3) is 2.47. The van der Waals surface area contributed by atoms with Crippen LogP contribution in [0.5, 0.6) is 0 Å². The molecule has 0 spiro atoms. The lowest BCUT2D eigenvalue weighted by atomic mass is 10.2. The molecule has 0 bridgehead atoms. The molecule has 0 radical (unpaired) electrons. The lowest BCUT2D eigenvalue weighted by molar-refractivity contribution is -0.137. The fraction of sp³-hybridized carbons (Fsp3) is 0.125. The van der Waals surface area contributed by atoms with E-state index in [-0.39, 0.29) is 0 Å². The van der Waals surface area contributed by atoms with Gasteiger partial charge in [-0.3, -0.25) is 4.79 Å². The van der Waals surface area contributed by atoms with Gasteiger partial charge in [0.1, 0.15) is 0 Å². The van der Waals surface area contributed by atoms with Crippen molar-refractivity contribution in [1.29, 1.82) is 0 Å². The average molecular weight is 189 g/mol. The Hall–Kier alpha value is -1.52. The van der Waals surface area contributed by atoms with E-state index in [1.165, 1.54) is 12.1 Å². The summed E-state index contributed by atoms with van der Waals surface area (Å²) < 4.78 is 36.0. The van der Waals surface area contributed by atoms with Crippen molar-refractivity contribution in [3.63, 3.8) is 0 Å². The van der Waals surface area contributed by atoms with Crippen LogP contribution in [-0.4, -0.2) is 6.41 Å². The van der Waals surface area contributed by atoms with Crippen LogP contribution in [0.15, 0.2) is 24.3 Å². The molecule has 2 nitrogen and oxygen atoms in total. The highest BCUT2D eigenvalue weighted by molar-refractivity contribution is 5.71. The maximum Gasteiger partial charge on any atom is 0.416 e. The highest BCUT2D eigenvalue weighted by atomic mass is 19.4. The zero-order valence-corrected chi connectivity index (χ0v) is 6.43. The summed E-state index contributed by atoms with van der Waals surface area (Å²) in [6, 6.07) is 4.20. The van der Waals surface area contributed by atoms with Crippen molar-refractivity contribution in [1.82, 2.24) is 0 Å². The second-order valence-electron chi connectivity index (χ2n) is 2.34. The van der Waals surface area contributed by atoms with E-state index in [4.69, 9.17) is 0 Å². The molecule has 0 fully saturated rings. The summed E-state index contributed by atoms with van der Waals surface area (Å²) in [5.74, 6) is 0. The standard InChI is InChI=1S/C8H6F3NO/c9-8(10,11)6-1-3-7(4-2-6)12-5-13/h1-5H,(H,12,13). The number of alkyl halides is 3. The molecular formula is C8H6F3NO. The SMILES string of the molecule is O=CNc1ccc(C(F)(F)F)cc1. The molecular weight excluding hydrogens is 183 g/mol. The third-order valence-corrected chi connectivity index (χ3v) is 1.44. The molecule has 0 unspecified atom stereocenters. The first-order chi connectivity index (χ1) is 6.04. The molecule has 0 saturated carbocycles. The Morgan fingerprint density at radius 2 is 1.69 bits per heavy atom. The Labute approximate surface area is 72.4 Å². The second-order valence-corrected chi connectivity index (χ2v) is 2.34. The Morgan fingerprint density at radius 1 is 1.15 bits per heavy atom. The molecule has 0 aliphatic heterocycles. The fourth-order valence-electron chi connectivity index (χ4n) is 0.823. The van der Waals surface area contributed by atoms with Crippen molar-refractivity contribution < 1.29 is 18.0 Å². The van der Waals surface area contributed by atoms with Gasteiger partial charge >= 0.3 is 6.18 Å². The smallest absolute Gasteiger partial charge is 0.329 e. The number of rotatable bonds is 2. The summed E-state index contributed by atoms with van der Waals surface area (Å²) in [7, 11) is 0. The number of hydrogen-bond acceptors (Lipinski definition) is 1. The van der Waals surface area contributed by atoms with Crippen molar-refractivity contribution in [3.05, 3.63) is 29.8 Å². The third-order valence-electron chi connectivity index (χ3n) is 1.44. The minimum atomic E-state index is -4.33. The first-order valence-corrected chi connectivity index (χ1v) is 3.41. The summed E-state index contributed by atoms with van der Waals surface area (Å²) in [5, 5.41) is 2.24. The highest BCUT2D eigenvalue weighted by Gasteiger charge is 2.29. The van der Waals surface area contributed by atoms with Gasteiger partial charge in [0.15, 0.2) is 0 Å². The first-order valence-electron chi connectivity index (χ1n) is 3.41. The number of anilines is 1. The minimum Gasteiger partial charge on any atom is -0.329 e. The predicted molar refractivity (Wildman–Crippen MR) is 41.1 cm³/mol. The first kappa shape index (κ1) is 9.57. The maximum absolute atomic E-state index is 12.0. The van der Waals surface area contributed by atoms with Gasteiger partial charge in [-0.1, -0.05) is 0 Å². The van der Waals surface area contributed by atoms with Crippen molar-refractivity contribution in [2.24, 2.45) is 0 Å². The van der Waals surface area contributed by atoms with Gasteiger partial charge in [0, 0.05) is 5.69 Å². The van der Waals surface area contributed by atoms with Crippen molar-refractivity contribution in [2.45, 2.75) is 6.18 Å². The Balaban J connectivity index is 2.87. The van der Waals surface area contributed by atoms with Crippen LogP contribution >= 0.6 is 0 Å². The zero-order chi connectivity index (χ0) is 9.90. The maximum atomic E-state index is 12.0. The summed E-state index contributed by atoms with van der Waals surface area (Å²) in [6.07, 6.45) is -3.93. The van der Waals surface area contributed by atoms with Crippen LogP contribution in [-0.2, 0) is 11.0 Å².